The van der Waals surface area contributed by atoms with Crippen molar-refractivity contribution < 1.29 is 4.79 Å². The van der Waals surface area contributed by atoms with Gasteiger partial charge in [-0.2, -0.15) is 0 Å². The van der Waals surface area contributed by atoms with E-state index in [0.29, 0.717) is 5.56 Å². The maximum absolute atomic E-state index is 11.9. The molecule has 20 heavy (non-hydrogen) atoms. The Morgan fingerprint density at radius 3 is 3.15 bits per heavy atom. The van der Waals surface area contributed by atoms with Gasteiger partial charge in [0.25, 0.3) is 5.91 Å². The minimum Gasteiger partial charge on any atom is -0.352 e. The zero-order valence-electron chi connectivity index (χ0n) is 12.3. The summed E-state index contributed by atoms with van der Waals surface area (Å²) in [6, 6.07) is 4.33. The molecule has 1 fully saturated rings. The molecule has 0 saturated carbocycles. The van der Waals surface area contributed by atoms with Gasteiger partial charge in [0.2, 0.25) is 0 Å². The average molecular weight is 275 g/mol. The topological polar surface area (TPSA) is 45.2 Å². The van der Waals surface area contributed by atoms with Crippen molar-refractivity contribution in [2.45, 2.75) is 45.1 Å². The first-order valence-corrected chi connectivity index (χ1v) is 7.73. The van der Waals surface area contributed by atoms with Crippen LogP contribution in [-0.4, -0.2) is 41.5 Å². The molecule has 1 saturated heterocycles. The predicted octanol–water partition coefficient (Wildman–Crippen LogP) is 2.47. The van der Waals surface area contributed by atoms with Gasteiger partial charge in [0.1, 0.15) is 0 Å². The number of nitrogens with one attached hydrogen (secondary N) is 1. The van der Waals surface area contributed by atoms with Crippen molar-refractivity contribution in [2.24, 2.45) is 0 Å². The lowest BCUT2D eigenvalue weighted by molar-refractivity contribution is 0.0947. The second-order valence-electron chi connectivity index (χ2n) is 5.44. The van der Waals surface area contributed by atoms with Gasteiger partial charge >= 0.3 is 0 Å². The molecule has 0 aromatic carbocycles. The molecular formula is C16H25N3O. The van der Waals surface area contributed by atoms with E-state index in [1.165, 1.54) is 32.2 Å². The molecule has 4 nitrogen and oxygen atoms in total. The highest BCUT2D eigenvalue weighted by atomic mass is 16.1. The first-order valence-electron chi connectivity index (χ1n) is 7.73. The van der Waals surface area contributed by atoms with Crippen LogP contribution >= 0.6 is 0 Å². The molecule has 1 atom stereocenters. The molecule has 0 radical (unpaired) electrons. The summed E-state index contributed by atoms with van der Waals surface area (Å²) in [5, 5.41) is 2.97. The predicted molar refractivity (Wildman–Crippen MR) is 80.7 cm³/mol. The van der Waals surface area contributed by atoms with Crippen molar-refractivity contribution in [2.75, 3.05) is 19.6 Å². The lowest BCUT2D eigenvalue weighted by Crippen LogP contribution is -2.40. The fourth-order valence-corrected chi connectivity index (χ4v) is 2.90. The van der Waals surface area contributed by atoms with Gasteiger partial charge in [-0.25, -0.2) is 0 Å². The number of hydrogen-bond donors (Lipinski definition) is 1. The summed E-state index contributed by atoms with van der Waals surface area (Å²) in [6.45, 7) is 5.31. The third-order valence-corrected chi connectivity index (χ3v) is 4.05. The summed E-state index contributed by atoms with van der Waals surface area (Å²) < 4.78 is 0. The quantitative estimate of drug-likeness (QED) is 0.811. The molecule has 0 unspecified atom stereocenters. The Labute approximate surface area is 121 Å². The van der Waals surface area contributed by atoms with Crippen LogP contribution in [0.1, 0.15) is 49.4 Å². The van der Waals surface area contributed by atoms with Crippen molar-refractivity contribution >= 4 is 5.91 Å². The average Bonchev–Trinajstić information content (AvgIpc) is 2.52. The van der Waals surface area contributed by atoms with Gasteiger partial charge in [-0.05, 0) is 44.4 Å². The zero-order chi connectivity index (χ0) is 14.2. The van der Waals surface area contributed by atoms with Crippen LogP contribution in [-0.2, 0) is 0 Å². The number of pyridine rings is 1. The van der Waals surface area contributed by atoms with Crippen LogP contribution in [0.25, 0.3) is 0 Å². The Kier molecular flexibility index (Phi) is 5.99. The SMILES string of the molecule is CC[C@H]1CCCCN1CCCNC(=O)c1cccnc1. The van der Waals surface area contributed by atoms with Crippen molar-refractivity contribution in [1.29, 1.82) is 0 Å². The summed E-state index contributed by atoms with van der Waals surface area (Å²) in [4.78, 5) is 18.4. The number of likely N-dealkylation sites (tertiary alicyclic amines) is 1. The Bertz CT molecular complexity index is 407. The molecule has 110 valence electrons. The fraction of sp³-hybridized carbons (Fsp3) is 0.625. The molecule has 1 aromatic heterocycles. The van der Waals surface area contributed by atoms with E-state index in [0.717, 1.165) is 25.6 Å². The molecule has 0 spiro atoms. The Morgan fingerprint density at radius 2 is 2.40 bits per heavy atom. The molecule has 1 aromatic rings. The minimum absolute atomic E-state index is 0.0243. The van der Waals surface area contributed by atoms with Gasteiger partial charge in [-0.1, -0.05) is 13.3 Å². The van der Waals surface area contributed by atoms with E-state index in [4.69, 9.17) is 0 Å². The molecular weight excluding hydrogens is 250 g/mol. The van der Waals surface area contributed by atoms with Crippen molar-refractivity contribution in [3.05, 3.63) is 30.1 Å². The van der Waals surface area contributed by atoms with Crippen LogP contribution in [0.3, 0.4) is 0 Å². The summed E-state index contributed by atoms with van der Waals surface area (Å²) in [5.74, 6) is -0.0243. The zero-order valence-corrected chi connectivity index (χ0v) is 12.3. The number of carbonyl (C=O) groups excluding carboxylic acids is 1. The second kappa shape index (κ2) is 8.00. The fourth-order valence-electron chi connectivity index (χ4n) is 2.90. The maximum Gasteiger partial charge on any atom is 0.252 e. The van der Waals surface area contributed by atoms with E-state index < -0.39 is 0 Å². The molecule has 1 aliphatic rings. The molecule has 2 heterocycles. The summed E-state index contributed by atoms with van der Waals surface area (Å²) in [6.07, 6.45) is 9.56. The van der Waals surface area contributed by atoms with Gasteiger partial charge in [-0.15, -0.1) is 0 Å². The maximum atomic E-state index is 11.9. The third kappa shape index (κ3) is 4.30. The standard InChI is InChI=1S/C16H25N3O/c1-2-15-8-3-4-11-19(15)12-6-10-18-16(20)14-7-5-9-17-13-14/h5,7,9,13,15H,2-4,6,8,10-12H2,1H3,(H,18,20)/t15-/m0/s1. The number of amides is 1. The van der Waals surface area contributed by atoms with E-state index >= 15 is 0 Å². The van der Waals surface area contributed by atoms with E-state index in [1.54, 1.807) is 24.5 Å². The molecule has 0 bridgehead atoms. The summed E-state index contributed by atoms with van der Waals surface area (Å²) in [7, 11) is 0. The number of carbonyl (C=O) groups is 1. The smallest absolute Gasteiger partial charge is 0.252 e. The van der Waals surface area contributed by atoms with Gasteiger partial charge in [0.15, 0.2) is 0 Å². The second-order valence-corrected chi connectivity index (χ2v) is 5.44. The molecule has 2 rings (SSSR count). The van der Waals surface area contributed by atoms with Crippen LogP contribution < -0.4 is 5.32 Å². The third-order valence-electron chi connectivity index (χ3n) is 4.05. The Balaban J connectivity index is 1.67. The highest BCUT2D eigenvalue weighted by molar-refractivity contribution is 5.93. The monoisotopic (exact) mass is 275 g/mol. The van der Waals surface area contributed by atoms with Crippen LogP contribution in [0.4, 0.5) is 0 Å². The van der Waals surface area contributed by atoms with Gasteiger partial charge in [0.05, 0.1) is 5.56 Å². The first kappa shape index (κ1) is 15.0. The molecule has 1 N–H and O–H groups in total. The van der Waals surface area contributed by atoms with Crippen LogP contribution in [0.15, 0.2) is 24.5 Å². The van der Waals surface area contributed by atoms with Gasteiger partial charge < -0.3 is 10.2 Å². The lowest BCUT2D eigenvalue weighted by Gasteiger charge is -2.35. The molecule has 0 aliphatic carbocycles. The number of rotatable bonds is 6. The summed E-state index contributed by atoms with van der Waals surface area (Å²) >= 11 is 0. The van der Waals surface area contributed by atoms with Crippen LogP contribution in [0.5, 0.6) is 0 Å². The van der Waals surface area contributed by atoms with Crippen molar-refractivity contribution in [1.82, 2.24) is 15.2 Å². The van der Waals surface area contributed by atoms with Crippen molar-refractivity contribution in [3.63, 3.8) is 0 Å². The highest BCUT2D eigenvalue weighted by Gasteiger charge is 2.19. The van der Waals surface area contributed by atoms with E-state index in [1.807, 2.05) is 0 Å². The highest BCUT2D eigenvalue weighted by Crippen LogP contribution is 2.19. The van der Waals surface area contributed by atoms with E-state index in [9.17, 15) is 4.79 Å². The molecule has 4 heteroatoms. The lowest BCUT2D eigenvalue weighted by atomic mass is 10.00. The van der Waals surface area contributed by atoms with Gasteiger partial charge in [-0.3, -0.25) is 9.78 Å². The van der Waals surface area contributed by atoms with E-state index in [2.05, 4.69) is 22.1 Å². The first-order chi connectivity index (χ1) is 9.81. The molecule has 1 amide bonds. The number of nitrogens with zero attached hydrogens (tertiary/aromatic N) is 2. The Morgan fingerprint density at radius 1 is 1.50 bits per heavy atom. The number of aromatic nitrogens is 1. The number of hydrogen-bond acceptors (Lipinski definition) is 3. The Hall–Kier alpha value is -1.42. The largest absolute Gasteiger partial charge is 0.352 e. The van der Waals surface area contributed by atoms with Crippen molar-refractivity contribution in [3.8, 4) is 0 Å². The number of piperidine rings is 1. The van der Waals surface area contributed by atoms with E-state index in [-0.39, 0.29) is 5.91 Å². The molecule has 1 aliphatic heterocycles. The van der Waals surface area contributed by atoms with Gasteiger partial charge in [0, 0.05) is 31.5 Å². The minimum atomic E-state index is -0.0243. The van der Waals surface area contributed by atoms with Crippen LogP contribution in [0, 0.1) is 0 Å². The normalized spacial score (nSPS) is 19.8. The summed E-state index contributed by atoms with van der Waals surface area (Å²) in [5.41, 5.74) is 0.636. The van der Waals surface area contributed by atoms with Crippen LogP contribution in [0.2, 0.25) is 0 Å².